The summed E-state index contributed by atoms with van der Waals surface area (Å²) in [7, 11) is 0. The lowest BCUT2D eigenvalue weighted by molar-refractivity contribution is -0.121. The number of hydrogen-bond donors (Lipinski definition) is 1. The minimum Gasteiger partial charge on any atom is -0.379 e. The zero-order valence-electron chi connectivity index (χ0n) is 14.7. The average Bonchev–Trinajstić information content (AvgIpc) is 2.59. The molecule has 0 atom stereocenters. The lowest BCUT2D eigenvalue weighted by atomic mass is 9.86. The Morgan fingerprint density at radius 2 is 2.04 bits per heavy atom. The number of carbonyl (C=O) groups is 1. The highest BCUT2D eigenvalue weighted by molar-refractivity contribution is 6.03. The second kappa shape index (κ2) is 7.90. The van der Waals surface area contributed by atoms with Crippen molar-refractivity contribution in [2.75, 3.05) is 32.8 Å². The van der Waals surface area contributed by atoms with Crippen molar-refractivity contribution >= 4 is 11.6 Å². The first-order chi connectivity index (χ1) is 11.6. The summed E-state index contributed by atoms with van der Waals surface area (Å²) in [6.45, 7) is 8.39. The molecule has 0 saturated carbocycles. The van der Waals surface area contributed by atoms with Crippen LogP contribution in [0.3, 0.4) is 0 Å². The number of nitrogens with one attached hydrogen (secondary N) is 1. The molecule has 1 saturated heterocycles. The van der Waals surface area contributed by atoms with Gasteiger partial charge in [0.05, 0.1) is 18.9 Å². The summed E-state index contributed by atoms with van der Waals surface area (Å²) in [5.74, 6) is -0.00881. The fourth-order valence-corrected chi connectivity index (χ4v) is 3.54. The molecule has 3 rings (SSSR count). The van der Waals surface area contributed by atoms with Gasteiger partial charge in [-0.1, -0.05) is 11.6 Å². The fraction of sp³-hybridized carbons (Fsp3) is 0.579. The van der Waals surface area contributed by atoms with E-state index in [0.29, 0.717) is 6.42 Å². The average molecular weight is 329 g/mol. The second-order valence-corrected chi connectivity index (χ2v) is 6.76. The van der Waals surface area contributed by atoms with Crippen molar-refractivity contribution in [1.29, 1.82) is 0 Å². The lowest BCUT2D eigenvalue weighted by Crippen LogP contribution is -2.38. The van der Waals surface area contributed by atoms with Gasteiger partial charge in [0.1, 0.15) is 0 Å². The summed E-state index contributed by atoms with van der Waals surface area (Å²) in [5, 5.41) is 4.44. The number of fused-ring (bicyclic) bond motifs is 1. The second-order valence-electron chi connectivity index (χ2n) is 6.76. The van der Waals surface area contributed by atoms with Gasteiger partial charge in [-0.3, -0.25) is 9.69 Å². The number of hydrazone groups is 1. The zero-order chi connectivity index (χ0) is 16.9. The van der Waals surface area contributed by atoms with E-state index in [1.807, 2.05) is 0 Å². The van der Waals surface area contributed by atoms with Crippen LogP contribution >= 0.6 is 0 Å². The molecule has 1 aliphatic heterocycles. The highest BCUT2D eigenvalue weighted by atomic mass is 16.5. The first-order valence-corrected chi connectivity index (χ1v) is 8.89. The molecule has 0 bridgehead atoms. The molecule has 2 aliphatic rings. The molecule has 0 unspecified atom stereocenters. The number of hydrogen-bond acceptors (Lipinski definition) is 4. The zero-order valence-corrected chi connectivity index (χ0v) is 14.7. The van der Waals surface area contributed by atoms with Crippen LogP contribution in [0.2, 0.25) is 0 Å². The fourth-order valence-electron chi connectivity index (χ4n) is 3.54. The molecule has 5 nitrogen and oxygen atoms in total. The van der Waals surface area contributed by atoms with Gasteiger partial charge in [0.25, 0.3) is 0 Å². The quantitative estimate of drug-likeness (QED) is 0.862. The smallest absolute Gasteiger partial charge is 0.241 e. The molecule has 24 heavy (non-hydrogen) atoms. The molecule has 1 amide bonds. The minimum atomic E-state index is -0.00881. The summed E-state index contributed by atoms with van der Waals surface area (Å²) < 4.78 is 5.32. The van der Waals surface area contributed by atoms with Crippen molar-refractivity contribution in [2.24, 2.45) is 5.10 Å². The van der Waals surface area contributed by atoms with Crippen molar-refractivity contribution in [2.45, 2.75) is 39.5 Å². The Morgan fingerprint density at radius 3 is 2.83 bits per heavy atom. The van der Waals surface area contributed by atoms with Gasteiger partial charge in [0.2, 0.25) is 5.91 Å². The number of ether oxygens (including phenoxy) is 1. The monoisotopic (exact) mass is 329 g/mol. The molecule has 130 valence electrons. The van der Waals surface area contributed by atoms with E-state index in [0.717, 1.165) is 57.8 Å². The Labute approximate surface area is 144 Å². The van der Waals surface area contributed by atoms with Crippen LogP contribution in [0, 0.1) is 13.8 Å². The number of aryl methyl sites for hydroxylation is 2. The third kappa shape index (κ3) is 4.22. The highest BCUT2D eigenvalue weighted by Crippen LogP contribution is 2.26. The lowest BCUT2D eigenvalue weighted by Gasteiger charge is -2.26. The predicted molar refractivity (Wildman–Crippen MR) is 95.4 cm³/mol. The first-order valence-electron chi connectivity index (χ1n) is 8.89. The van der Waals surface area contributed by atoms with E-state index in [1.165, 1.54) is 22.3 Å². The van der Waals surface area contributed by atoms with Gasteiger partial charge in [-0.15, -0.1) is 0 Å². The summed E-state index contributed by atoms with van der Waals surface area (Å²) in [4.78, 5) is 14.4. The standard InChI is InChI=1S/C19H27N3O2/c1-14-12-15(2)16-4-3-5-18(17(16)13-14)20-21-19(23)6-7-22-8-10-24-11-9-22/h12-13H,3-11H2,1-2H3,(H,21,23)/b20-18+. The molecule has 0 radical (unpaired) electrons. The van der Waals surface area contributed by atoms with Crippen LogP contribution in [0.5, 0.6) is 0 Å². The van der Waals surface area contributed by atoms with Crippen molar-refractivity contribution in [1.82, 2.24) is 10.3 Å². The molecule has 1 aromatic carbocycles. The molecular formula is C19H27N3O2. The van der Waals surface area contributed by atoms with Gasteiger partial charge in [0.15, 0.2) is 0 Å². The summed E-state index contributed by atoms with van der Waals surface area (Å²) >= 11 is 0. The van der Waals surface area contributed by atoms with Crippen molar-refractivity contribution in [3.05, 3.63) is 34.4 Å². The highest BCUT2D eigenvalue weighted by Gasteiger charge is 2.18. The maximum absolute atomic E-state index is 12.1. The number of nitrogens with zero attached hydrogens (tertiary/aromatic N) is 2. The summed E-state index contributed by atoms with van der Waals surface area (Å²) in [6.07, 6.45) is 3.61. The number of rotatable bonds is 4. The van der Waals surface area contributed by atoms with Gasteiger partial charge in [-0.25, -0.2) is 5.43 Å². The van der Waals surface area contributed by atoms with E-state index in [4.69, 9.17) is 4.74 Å². The largest absolute Gasteiger partial charge is 0.379 e. The van der Waals surface area contributed by atoms with Crippen molar-refractivity contribution in [3.8, 4) is 0 Å². The third-order valence-electron chi connectivity index (χ3n) is 4.84. The molecule has 0 spiro atoms. The molecule has 1 fully saturated rings. The van der Waals surface area contributed by atoms with Crippen LogP contribution in [0.25, 0.3) is 0 Å². The predicted octanol–water partition coefficient (Wildman–Crippen LogP) is 2.18. The normalized spacial score (nSPS) is 20.0. The van der Waals surface area contributed by atoms with Gasteiger partial charge in [0, 0.05) is 31.6 Å². The summed E-state index contributed by atoms with van der Waals surface area (Å²) in [6, 6.07) is 4.42. The minimum absolute atomic E-state index is 0.00881. The summed E-state index contributed by atoms with van der Waals surface area (Å²) in [5.41, 5.74) is 8.96. The van der Waals surface area contributed by atoms with E-state index >= 15 is 0 Å². The van der Waals surface area contributed by atoms with Crippen molar-refractivity contribution in [3.63, 3.8) is 0 Å². The van der Waals surface area contributed by atoms with Gasteiger partial charge in [-0.05, 0) is 50.3 Å². The maximum Gasteiger partial charge on any atom is 0.241 e. The Bertz CT molecular complexity index is 634. The van der Waals surface area contributed by atoms with Gasteiger partial charge in [-0.2, -0.15) is 5.10 Å². The SMILES string of the molecule is Cc1cc(C)c2c(c1)/C(=N/NC(=O)CCN1CCOCC1)CCC2. The van der Waals surface area contributed by atoms with Crippen LogP contribution in [-0.4, -0.2) is 49.4 Å². The molecule has 1 N–H and O–H groups in total. The van der Waals surface area contributed by atoms with Crippen LogP contribution in [-0.2, 0) is 16.0 Å². The number of benzene rings is 1. The van der Waals surface area contributed by atoms with E-state index in [-0.39, 0.29) is 5.91 Å². The maximum atomic E-state index is 12.1. The van der Waals surface area contributed by atoms with E-state index in [2.05, 4.69) is 41.4 Å². The first kappa shape index (κ1) is 17.1. The number of carbonyl (C=O) groups excluding carboxylic acids is 1. The van der Waals surface area contributed by atoms with Crippen LogP contribution in [0.4, 0.5) is 0 Å². The van der Waals surface area contributed by atoms with E-state index in [9.17, 15) is 4.79 Å². The topological polar surface area (TPSA) is 53.9 Å². The van der Waals surface area contributed by atoms with Crippen LogP contribution < -0.4 is 5.43 Å². The number of amides is 1. The number of morpholine rings is 1. The molecule has 0 aromatic heterocycles. The molecule has 1 aromatic rings. The Kier molecular flexibility index (Phi) is 5.63. The van der Waals surface area contributed by atoms with Gasteiger partial charge < -0.3 is 4.74 Å². The van der Waals surface area contributed by atoms with E-state index < -0.39 is 0 Å². The van der Waals surface area contributed by atoms with Crippen molar-refractivity contribution < 1.29 is 9.53 Å². The third-order valence-corrected chi connectivity index (χ3v) is 4.84. The van der Waals surface area contributed by atoms with Crippen LogP contribution in [0.1, 0.15) is 41.5 Å². The van der Waals surface area contributed by atoms with Crippen LogP contribution in [0.15, 0.2) is 17.2 Å². The molecular weight excluding hydrogens is 302 g/mol. The van der Waals surface area contributed by atoms with E-state index in [1.54, 1.807) is 0 Å². The molecule has 1 aliphatic carbocycles. The molecule has 5 heteroatoms. The molecule has 1 heterocycles. The van der Waals surface area contributed by atoms with Gasteiger partial charge >= 0.3 is 0 Å². The Hall–Kier alpha value is -1.72. The Balaban J connectivity index is 1.60. The Morgan fingerprint density at radius 1 is 1.25 bits per heavy atom.